The minimum Gasteiger partial charge on any atom is -0.455 e. The number of hydrogen-bond acceptors (Lipinski definition) is 3. The van der Waals surface area contributed by atoms with Gasteiger partial charge < -0.3 is 4.42 Å². The van der Waals surface area contributed by atoms with E-state index in [0.717, 1.165) is 33.2 Å². The van der Waals surface area contributed by atoms with Gasteiger partial charge >= 0.3 is 0 Å². The molecule has 162 valence electrons. The van der Waals surface area contributed by atoms with Gasteiger partial charge in [0, 0.05) is 22.8 Å². The molecular weight excluding hydrogens is 413 g/mol. The maximum atomic E-state index is 15.0. The number of fused-ring (bicyclic) bond motifs is 4. The SMILES string of the molecule is CC(C)(C)c1cncc2c1nc(-c1ccc(F)c3c1oc1ccccc13)n2-c1ccccc1. The van der Waals surface area contributed by atoms with Crippen LogP contribution in [0.15, 0.2) is 83.5 Å². The highest BCUT2D eigenvalue weighted by Gasteiger charge is 2.25. The Balaban J connectivity index is 1.77. The number of para-hydroxylation sites is 2. The van der Waals surface area contributed by atoms with E-state index >= 15 is 0 Å². The number of pyridine rings is 1. The Hall–Kier alpha value is -3.99. The zero-order valence-electron chi connectivity index (χ0n) is 18.6. The zero-order chi connectivity index (χ0) is 22.7. The first kappa shape index (κ1) is 19.7. The minimum absolute atomic E-state index is 0.142. The zero-order valence-corrected chi connectivity index (χ0v) is 18.6. The van der Waals surface area contributed by atoms with Crippen molar-refractivity contribution in [3.8, 4) is 17.1 Å². The van der Waals surface area contributed by atoms with Gasteiger partial charge in [-0.3, -0.25) is 9.55 Å². The van der Waals surface area contributed by atoms with E-state index in [1.807, 2.05) is 67.0 Å². The summed E-state index contributed by atoms with van der Waals surface area (Å²) in [4.78, 5) is 9.66. The van der Waals surface area contributed by atoms with Crippen LogP contribution in [0.4, 0.5) is 4.39 Å². The number of halogens is 1. The quantitative estimate of drug-likeness (QED) is 0.284. The summed E-state index contributed by atoms with van der Waals surface area (Å²) >= 11 is 0. The lowest BCUT2D eigenvalue weighted by Crippen LogP contribution is -2.12. The van der Waals surface area contributed by atoms with E-state index in [4.69, 9.17) is 9.40 Å². The van der Waals surface area contributed by atoms with Crippen molar-refractivity contribution in [2.75, 3.05) is 0 Å². The summed E-state index contributed by atoms with van der Waals surface area (Å²) in [6.45, 7) is 6.46. The Bertz CT molecular complexity index is 1660. The first-order chi connectivity index (χ1) is 15.9. The second kappa shape index (κ2) is 7.01. The van der Waals surface area contributed by atoms with Crippen molar-refractivity contribution in [2.24, 2.45) is 0 Å². The molecule has 0 N–H and O–H groups in total. The van der Waals surface area contributed by atoms with E-state index in [1.165, 1.54) is 6.07 Å². The number of nitrogens with zero attached hydrogens (tertiary/aromatic N) is 3. The first-order valence-corrected chi connectivity index (χ1v) is 11.0. The second-order valence-electron chi connectivity index (χ2n) is 9.31. The molecule has 6 rings (SSSR count). The Morgan fingerprint density at radius 1 is 0.879 bits per heavy atom. The van der Waals surface area contributed by atoms with Gasteiger partial charge in [0.15, 0.2) is 0 Å². The van der Waals surface area contributed by atoms with Gasteiger partial charge in [-0.25, -0.2) is 9.37 Å². The van der Waals surface area contributed by atoms with Crippen molar-refractivity contribution in [1.29, 1.82) is 0 Å². The monoisotopic (exact) mass is 435 g/mol. The lowest BCUT2D eigenvalue weighted by atomic mass is 9.87. The average molecular weight is 436 g/mol. The van der Waals surface area contributed by atoms with Crippen LogP contribution < -0.4 is 0 Å². The van der Waals surface area contributed by atoms with Crippen LogP contribution in [-0.4, -0.2) is 14.5 Å². The second-order valence-corrected chi connectivity index (χ2v) is 9.31. The fourth-order valence-electron chi connectivity index (χ4n) is 4.53. The maximum absolute atomic E-state index is 15.0. The lowest BCUT2D eigenvalue weighted by molar-refractivity contribution is 0.592. The molecule has 0 bridgehead atoms. The Morgan fingerprint density at radius 3 is 2.42 bits per heavy atom. The molecule has 0 saturated carbocycles. The molecular formula is C28H22FN3O. The predicted molar refractivity (Wildman–Crippen MR) is 130 cm³/mol. The molecule has 0 fully saturated rings. The molecule has 0 aliphatic rings. The number of benzene rings is 3. The number of rotatable bonds is 2. The van der Waals surface area contributed by atoms with Gasteiger partial charge in [-0.05, 0) is 35.7 Å². The van der Waals surface area contributed by atoms with E-state index in [9.17, 15) is 4.39 Å². The van der Waals surface area contributed by atoms with Gasteiger partial charge in [-0.2, -0.15) is 0 Å². The van der Waals surface area contributed by atoms with Crippen molar-refractivity contribution >= 4 is 33.0 Å². The number of furan rings is 1. The summed E-state index contributed by atoms with van der Waals surface area (Å²) in [5.74, 6) is 0.386. The highest BCUT2D eigenvalue weighted by Crippen LogP contribution is 2.40. The highest BCUT2D eigenvalue weighted by molar-refractivity contribution is 6.09. The molecule has 5 heteroatoms. The van der Waals surface area contributed by atoms with Crippen LogP contribution >= 0.6 is 0 Å². The first-order valence-electron chi connectivity index (χ1n) is 11.0. The summed E-state index contributed by atoms with van der Waals surface area (Å²) in [5, 5.41) is 1.23. The molecule has 0 aliphatic carbocycles. The summed E-state index contributed by atoms with van der Waals surface area (Å²) in [6, 6.07) is 20.8. The van der Waals surface area contributed by atoms with E-state index in [-0.39, 0.29) is 11.2 Å². The summed E-state index contributed by atoms with van der Waals surface area (Å²) < 4.78 is 23.3. The molecule has 3 aromatic heterocycles. The van der Waals surface area contributed by atoms with E-state index in [0.29, 0.717) is 22.4 Å². The van der Waals surface area contributed by atoms with Crippen molar-refractivity contribution in [3.63, 3.8) is 0 Å². The minimum atomic E-state index is -0.307. The van der Waals surface area contributed by atoms with Crippen LogP contribution in [0, 0.1) is 5.82 Å². The molecule has 0 radical (unpaired) electrons. The normalized spacial score (nSPS) is 12.2. The summed E-state index contributed by atoms with van der Waals surface area (Å²) in [5.41, 5.74) is 5.53. The molecule has 0 saturated heterocycles. The topological polar surface area (TPSA) is 43.9 Å². The fourth-order valence-corrected chi connectivity index (χ4v) is 4.53. The Kier molecular flexibility index (Phi) is 4.18. The highest BCUT2D eigenvalue weighted by atomic mass is 19.1. The molecule has 0 amide bonds. The van der Waals surface area contributed by atoms with Crippen LogP contribution in [0.3, 0.4) is 0 Å². The Morgan fingerprint density at radius 2 is 1.64 bits per heavy atom. The van der Waals surface area contributed by atoms with Crippen LogP contribution in [0.25, 0.3) is 50.0 Å². The molecule has 0 atom stereocenters. The standard InChI is InChI=1S/C28H22FN3O/c1-28(2,3)20-15-30-16-22-25(20)31-27(32(22)17-9-5-4-6-10-17)19-13-14-21(29)24-18-11-7-8-12-23(18)33-26(19)24/h4-16H,1-3H3. The third-order valence-electron chi connectivity index (χ3n) is 6.11. The van der Waals surface area contributed by atoms with Crippen molar-refractivity contribution in [2.45, 2.75) is 26.2 Å². The van der Waals surface area contributed by atoms with Crippen LogP contribution in [0.5, 0.6) is 0 Å². The number of aromatic nitrogens is 3. The van der Waals surface area contributed by atoms with Crippen LogP contribution in [0.1, 0.15) is 26.3 Å². The van der Waals surface area contributed by atoms with Gasteiger partial charge in [0.1, 0.15) is 22.8 Å². The van der Waals surface area contributed by atoms with Gasteiger partial charge in [0.2, 0.25) is 0 Å². The number of hydrogen-bond donors (Lipinski definition) is 0. The molecule has 0 aliphatic heterocycles. The van der Waals surface area contributed by atoms with Crippen LogP contribution in [0.2, 0.25) is 0 Å². The maximum Gasteiger partial charge on any atom is 0.149 e. The van der Waals surface area contributed by atoms with Crippen molar-refractivity contribution < 1.29 is 8.81 Å². The lowest BCUT2D eigenvalue weighted by Gasteiger charge is -2.18. The molecule has 33 heavy (non-hydrogen) atoms. The molecule has 6 aromatic rings. The molecule has 3 aromatic carbocycles. The smallest absolute Gasteiger partial charge is 0.149 e. The summed E-state index contributed by atoms with van der Waals surface area (Å²) in [6.07, 6.45) is 3.73. The predicted octanol–water partition coefficient (Wildman–Crippen LogP) is 7.42. The average Bonchev–Trinajstić information content (AvgIpc) is 3.38. The van der Waals surface area contributed by atoms with Crippen LogP contribution in [-0.2, 0) is 5.41 Å². The van der Waals surface area contributed by atoms with Gasteiger partial charge in [-0.15, -0.1) is 0 Å². The molecule has 0 spiro atoms. The van der Waals surface area contributed by atoms with E-state index in [2.05, 4.69) is 30.3 Å². The molecule has 0 unspecified atom stereocenters. The third kappa shape index (κ3) is 2.96. The van der Waals surface area contributed by atoms with E-state index in [1.54, 1.807) is 6.07 Å². The van der Waals surface area contributed by atoms with Crippen molar-refractivity contribution in [1.82, 2.24) is 14.5 Å². The van der Waals surface area contributed by atoms with Gasteiger partial charge in [0.25, 0.3) is 0 Å². The van der Waals surface area contributed by atoms with Gasteiger partial charge in [0.05, 0.1) is 28.2 Å². The largest absolute Gasteiger partial charge is 0.455 e. The van der Waals surface area contributed by atoms with Gasteiger partial charge in [-0.1, -0.05) is 57.2 Å². The number of imidazole rings is 1. The molecule has 4 nitrogen and oxygen atoms in total. The summed E-state index contributed by atoms with van der Waals surface area (Å²) in [7, 11) is 0. The van der Waals surface area contributed by atoms with E-state index < -0.39 is 0 Å². The van der Waals surface area contributed by atoms with Crippen molar-refractivity contribution in [3.05, 3.63) is 90.5 Å². The third-order valence-corrected chi connectivity index (χ3v) is 6.11. The molecule has 3 heterocycles. The Labute approximate surface area is 190 Å². The fraction of sp³-hybridized carbons (Fsp3) is 0.143.